The van der Waals surface area contributed by atoms with E-state index in [4.69, 9.17) is 20.5 Å². The molecule has 0 aromatic heterocycles. The van der Waals surface area contributed by atoms with E-state index in [2.05, 4.69) is 0 Å². The molecule has 0 unspecified atom stereocenters. The highest BCUT2D eigenvalue weighted by atomic mass is 16.5. The molecule has 0 bridgehead atoms. The molecule has 20 heavy (non-hydrogen) atoms. The Hall–Kier alpha value is -2.67. The first kappa shape index (κ1) is 13.8. The van der Waals surface area contributed by atoms with E-state index in [0.717, 1.165) is 16.9 Å². The number of methoxy groups -OCH3 is 1. The van der Waals surface area contributed by atoms with E-state index < -0.39 is 0 Å². The number of anilines is 1. The lowest BCUT2D eigenvalue weighted by Gasteiger charge is -2.12. The molecule has 0 aliphatic heterocycles. The van der Waals surface area contributed by atoms with Gasteiger partial charge in [-0.05, 0) is 37.3 Å². The van der Waals surface area contributed by atoms with Crippen LogP contribution in [0.25, 0.3) is 0 Å². The van der Waals surface area contributed by atoms with Gasteiger partial charge in [0.1, 0.15) is 18.1 Å². The van der Waals surface area contributed by atoms with E-state index in [9.17, 15) is 0 Å². The highest BCUT2D eigenvalue weighted by Crippen LogP contribution is 2.26. The third-order valence-corrected chi connectivity index (χ3v) is 2.96. The summed E-state index contributed by atoms with van der Waals surface area (Å²) in [5.74, 6) is 1.34. The molecule has 0 aliphatic rings. The molecular formula is C16H16N2O2. The molecule has 0 saturated carbocycles. The molecule has 0 radical (unpaired) electrons. The number of rotatable bonds is 4. The van der Waals surface area contributed by atoms with Crippen molar-refractivity contribution in [2.24, 2.45) is 0 Å². The van der Waals surface area contributed by atoms with Gasteiger partial charge in [-0.1, -0.05) is 11.6 Å². The Labute approximate surface area is 118 Å². The molecule has 0 amide bonds. The topological polar surface area (TPSA) is 68.3 Å². The van der Waals surface area contributed by atoms with Crippen LogP contribution in [0.2, 0.25) is 0 Å². The van der Waals surface area contributed by atoms with Crippen molar-refractivity contribution in [3.05, 3.63) is 53.1 Å². The van der Waals surface area contributed by atoms with Crippen LogP contribution in [-0.2, 0) is 6.61 Å². The number of benzene rings is 2. The summed E-state index contributed by atoms with van der Waals surface area (Å²) in [6.45, 7) is 2.37. The number of ether oxygens (including phenoxy) is 2. The van der Waals surface area contributed by atoms with Crippen LogP contribution in [0.1, 0.15) is 16.7 Å². The fraction of sp³-hybridized carbons (Fsp3) is 0.188. The maximum absolute atomic E-state index is 8.80. The number of nitrogens with zero attached hydrogens (tertiary/aromatic N) is 1. The van der Waals surface area contributed by atoms with Crippen LogP contribution >= 0.6 is 0 Å². The van der Waals surface area contributed by atoms with Gasteiger partial charge in [0.2, 0.25) is 0 Å². The molecule has 2 N–H and O–H groups in total. The molecule has 2 aromatic rings. The zero-order chi connectivity index (χ0) is 14.5. The van der Waals surface area contributed by atoms with Crippen LogP contribution in [0.4, 0.5) is 5.69 Å². The number of nitrogen functional groups attached to an aromatic ring is 1. The van der Waals surface area contributed by atoms with Crippen molar-refractivity contribution >= 4 is 5.69 Å². The third-order valence-electron chi connectivity index (χ3n) is 2.96. The van der Waals surface area contributed by atoms with Crippen LogP contribution in [0.5, 0.6) is 11.5 Å². The van der Waals surface area contributed by atoms with Crippen molar-refractivity contribution in [1.29, 1.82) is 5.26 Å². The van der Waals surface area contributed by atoms with Crippen molar-refractivity contribution in [1.82, 2.24) is 0 Å². The molecule has 0 heterocycles. The van der Waals surface area contributed by atoms with Gasteiger partial charge in [0.05, 0.1) is 24.4 Å². The van der Waals surface area contributed by atoms with Gasteiger partial charge in [-0.15, -0.1) is 0 Å². The number of hydrogen-bond donors (Lipinski definition) is 1. The van der Waals surface area contributed by atoms with Gasteiger partial charge in [0.25, 0.3) is 0 Å². The monoisotopic (exact) mass is 268 g/mol. The summed E-state index contributed by atoms with van der Waals surface area (Å²) < 4.78 is 11.0. The number of hydrogen-bond acceptors (Lipinski definition) is 4. The molecular weight excluding hydrogens is 252 g/mol. The minimum absolute atomic E-state index is 0.362. The van der Waals surface area contributed by atoms with Crippen LogP contribution < -0.4 is 15.2 Å². The van der Waals surface area contributed by atoms with Crippen molar-refractivity contribution in [2.45, 2.75) is 13.5 Å². The lowest BCUT2D eigenvalue weighted by molar-refractivity contribution is 0.298. The molecule has 0 fully saturated rings. The summed E-state index contributed by atoms with van der Waals surface area (Å²) in [6.07, 6.45) is 0. The van der Waals surface area contributed by atoms with Gasteiger partial charge in [-0.2, -0.15) is 5.26 Å². The zero-order valence-corrected chi connectivity index (χ0v) is 11.5. The first-order valence-corrected chi connectivity index (χ1v) is 6.20. The van der Waals surface area contributed by atoms with E-state index >= 15 is 0 Å². The first-order chi connectivity index (χ1) is 9.63. The molecule has 4 nitrogen and oxygen atoms in total. The Kier molecular flexibility index (Phi) is 4.11. The zero-order valence-electron chi connectivity index (χ0n) is 11.5. The van der Waals surface area contributed by atoms with Crippen molar-refractivity contribution in [3.8, 4) is 17.6 Å². The minimum Gasteiger partial charge on any atom is -0.496 e. The second-order valence-corrected chi connectivity index (χ2v) is 4.47. The Balaban J connectivity index is 2.17. The Morgan fingerprint density at radius 1 is 1.15 bits per heavy atom. The van der Waals surface area contributed by atoms with E-state index in [1.807, 2.05) is 31.2 Å². The highest BCUT2D eigenvalue weighted by molar-refractivity contribution is 5.56. The molecule has 0 aliphatic carbocycles. The van der Waals surface area contributed by atoms with Gasteiger partial charge in [0, 0.05) is 5.56 Å². The van der Waals surface area contributed by atoms with Gasteiger partial charge in [-0.25, -0.2) is 0 Å². The predicted octanol–water partition coefficient (Wildman–Crippen LogP) is 3.04. The van der Waals surface area contributed by atoms with Crippen LogP contribution in [0.15, 0.2) is 36.4 Å². The summed E-state index contributed by atoms with van der Waals surface area (Å²) in [4.78, 5) is 0. The van der Waals surface area contributed by atoms with Crippen LogP contribution in [-0.4, -0.2) is 7.11 Å². The molecule has 4 heteroatoms. The summed E-state index contributed by atoms with van der Waals surface area (Å²) in [7, 11) is 1.63. The highest BCUT2D eigenvalue weighted by Gasteiger charge is 2.06. The molecule has 0 saturated heterocycles. The second-order valence-electron chi connectivity index (χ2n) is 4.47. The van der Waals surface area contributed by atoms with E-state index in [1.165, 1.54) is 0 Å². The molecule has 2 aromatic carbocycles. The average molecular weight is 268 g/mol. The van der Waals surface area contributed by atoms with Gasteiger partial charge in [0.15, 0.2) is 0 Å². The van der Waals surface area contributed by atoms with Crippen molar-refractivity contribution in [3.63, 3.8) is 0 Å². The van der Waals surface area contributed by atoms with E-state index in [-0.39, 0.29) is 0 Å². The number of aryl methyl sites for hydroxylation is 1. The largest absolute Gasteiger partial charge is 0.496 e. The number of nitriles is 1. The van der Waals surface area contributed by atoms with Crippen LogP contribution in [0, 0.1) is 18.3 Å². The number of nitrogens with two attached hydrogens (primary N) is 1. The Morgan fingerprint density at radius 2 is 1.90 bits per heavy atom. The lowest BCUT2D eigenvalue weighted by Crippen LogP contribution is -2.01. The molecule has 2 rings (SSSR count). The van der Waals surface area contributed by atoms with Crippen molar-refractivity contribution < 1.29 is 9.47 Å². The summed E-state index contributed by atoms with van der Waals surface area (Å²) in [6, 6.07) is 12.9. The van der Waals surface area contributed by atoms with Crippen molar-refractivity contribution in [2.75, 3.05) is 12.8 Å². The Bertz CT molecular complexity index is 660. The normalized spacial score (nSPS) is 9.85. The summed E-state index contributed by atoms with van der Waals surface area (Å²) in [5, 5.41) is 8.80. The predicted molar refractivity (Wildman–Crippen MR) is 77.6 cm³/mol. The lowest BCUT2D eigenvalue weighted by atomic mass is 10.1. The van der Waals surface area contributed by atoms with E-state index in [1.54, 1.807) is 25.3 Å². The molecule has 102 valence electrons. The molecule has 0 atom stereocenters. The summed E-state index contributed by atoms with van der Waals surface area (Å²) >= 11 is 0. The van der Waals surface area contributed by atoms with Crippen LogP contribution in [0.3, 0.4) is 0 Å². The maximum atomic E-state index is 8.80. The fourth-order valence-electron chi connectivity index (χ4n) is 1.93. The SMILES string of the molecule is COc1ccc(C)cc1COc1ccc(C#N)cc1N. The quantitative estimate of drug-likeness (QED) is 0.865. The van der Waals surface area contributed by atoms with E-state index in [0.29, 0.717) is 23.6 Å². The third kappa shape index (κ3) is 3.01. The minimum atomic E-state index is 0.362. The fourth-order valence-corrected chi connectivity index (χ4v) is 1.93. The standard InChI is InChI=1S/C16H16N2O2/c1-11-3-5-15(19-2)13(7-11)10-20-16-6-4-12(9-17)8-14(16)18/h3-8H,10,18H2,1-2H3. The molecule has 0 spiro atoms. The smallest absolute Gasteiger partial charge is 0.142 e. The van der Waals surface area contributed by atoms with Gasteiger partial charge >= 0.3 is 0 Å². The first-order valence-electron chi connectivity index (χ1n) is 6.20. The van der Waals surface area contributed by atoms with Gasteiger partial charge < -0.3 is 15.2 Å². The Morgan fingerprint density at radius 3 is 2.55 bits per heavy atom. The summed E-state index contributed by atoms with van der Waals surface area (Å²) in [5.41, 5.74) is 8.92. The second kappa shape index (κ2) is 5.98. The average Bonchev–Trinajstić information content (AvgIpc) is 2.46. The van der Waals surface area contributed by atoms with Gasteiger partial charge in [-0.3, -0.25) is 0 Å². The maximum Gasteiger partial charge on any atom is 0.142 e.